The Morgan fingerprint density at radius 1 is 1.22 bits per heavy atom. The van der Waals surface area contributed by atoms with Crippen molar-refractivity contribution in [1.82, 2.24) is 4.98 Å². The number of halogens is 3. The molecule has 0 aliphatic carbocycles. The summed E-state index contributed by atoms with van der Waals surface area (Å²) >= 11 is 15.3. The third kappa shape index (κ3) is 3.37. The smallest absolute Gasteiger partial charge is 0.143 e. The van der Waals surface area contributed by atoms with Crippen molar-refractivity contribution in [2.24, 2.45) is 0 Å². The van der Waals surface area contributed by atoms with Gasteiger partial charge in [-0.15, -0.1) is 0 Å². The molecule has 0 saturated carbocycles. The van der Waals surface area contributed by atoms with Crippen LogP contribution in [0.4, 0.5) is 5.82 Å². The van der Waals surface area contributed by atoms with Gasteiger partial charge in [0.25, 0.3) is 0 Å². The maximum Gasteiger partial charge on any atom is 0.143 e. The molecule has 5 heteroatoms. The lowest BCUT2D eigenvalue weighted by atomic mass is 10.2. The third-order valence-corrected chi connectivity index (χ3v) is 3.48. The second-order valence-corrected chi connectivity index (χ2v) is 5.67. The summed E-state index contributed by atoms with van der Waals surface area (Å²) in [6.45, 7) is 0.730. The largest absolute Gasteiger partial charge is 0.354 e. The lowest BCUT2D eigenvalue weighted by Gasteiger charge is -2.19. The van der Waals surface area contributed by atoms with Crippen LogP contribution in [-0.2, 0) is 6.54 Å². The standard InChI is InChI=1S/C13H11BrCl2N2/c1-18(8-9-3-2-4-10(15)5-9)13-12(14)6-11(16)7-17-13/h2-7H,8H2,1H3. The lowest BCUT2D eigenvalue weighted by Crippen LogP contribution is -2.18. The van der Waals surface area contributed by atoms with Crippen molar-refractivity contribution in [3.05, 3.63) is 56.6 Å². The zero-order valence-corrected chi connectivity index (χ0v) is 12.8. The number of anilines is 1. The van der Waals surface area contributed by atoms with Crippen molar-refractivity contribution < 1.29 is 0 Å². The quantitative estimate of drug-likeness (QED) is 0.795. The van der Waals surface area contributed by atoms with E-state index in [1.807, 2.05) is 42.3 Å². The Balaban J connectivity index is 2.19. The average molecular weight is 346 g/mol. The number of hydrogen-bond acceptors (Lipinski definition) is 2. The molecule has 0 unspecified atom stereocenters. The molecule has 2 rings (SSSR count). The topological polar surface area (TPSA) is 16.1 Å². The summed E-state index contributed by atoms with van der Waals surface area (Å²) in [6.07, 6.45) is 1.64. The van der Waals surface area contributed by atoms with Crippen LogP contribution in [0.15, 0.2) is 41.0 Å². The number of benzene rings is 1. The van der Waals surface area contributed by atoms with E-state index >= 15 is 0 Å². The second-order valence-electron chi connectivity index (χ2n) is 3.94. The van der Waals surface area contributed by atoms with Crippen molar-refractivity contribution in [3.63, 3.8) is 0 Å². The molecule has 0 bridgehead atoms. The van der Waals surface area contributed by atoms with E-state index in [0.717, 1.165) is 27.4 Å². The highest BCUT2D eigenvalue weighted by molar-refractivity contribution is 9.10. The van der Waals surface area contributed by atoms with Gasteiger partial charge in [0, 0.05) is 24.8 Å². The van der Waals surface area contributed by atoms with Gasteiger partial charge in [-0.05, 0) is 39.7 Å². The molecule has 1 heterocycles. The van der Waals surface area contributed by atoms with Crippen LogP contribution in [0.1, 0.15) is 5.56 Å². The molecule has 2 aromatic rings. The van der Waals surface area contributed by atoms with Gasteiger partial charge in [0.15, 0.2) is 0 Å². The Hall–Kier alpha value is -0.770. The van der Waals surface area contributed by atoms with Crippen molar-refractivity contribution in [2.75, 3.05) is 11.9 Å². The number of nitrogens with zero attached hydrogens (tertiary/aromatic N) is 2. The molecule has 0 aliphatic heterocycles. The van der Waals surface area contributed by atoms with Crippen molar-refractivity contribution >= 4 is 44.9 Å². The van der Waals surface area contributed by atoms with Crippen molar-refractivity contribution in [3.8, 4) is 0 Å². The van der Waals surface area contributed by atoms with Gasteiger partial charge in [0.05, 0.1) is 9.50 Å². The predicted octanol–water partition coefficient (Wildman–Crippen LogP) is 4.79. The maximum atomic E-state index is 5.97. The molecule has 0 fully saturated rings. The monoisotopic (exact) mass is 344 g/mol. The summed E-state index contributed by atoms with van der Waals surface area (Å²) in [5.74, 6) is 0.847. The van der Waals surface area contributed by atoms with E-state index in [1.54, 1.807) is 6.20 Å². The summed E-state index contributed by atoms with van der Waals surface area (Å²) in [5, 5.41) is 1.35. The van der Waals surface area contributed by atoms with E-state index in [1.165, 1.54) is 0 Å². The van der Waals surface area contributed by atoms with E-state index in [4.69, 9.17) is 23.2 Å². The molecule has 1 aromatic carbocycles. The van der Waals surface area contributed by atoms with E-state index in [9.17, 15) is 0 Å². The van der Waals surface area contributed by atoms with Gasteiger partial charge in [-0.1, -0.05) is 35.3 Å². The molecule has 18 heavy (non-hydrogen) atoms. The zero-order chi connectivity index (χ0) is 13.1. The Labute approximate surface area is 125 Å². The van der Waals surface area contributed by atoms with Crippen LogP contribution in [-0.4, -0.2) is 12.0 Å². The highest BCUT2D eigenvalue weighted by atomic mass is 79.9. The third-order valence-electron chi connectivity index (χ3n) is 2.46. The molecule has 94 valence electrons. The van der Waals surface area contributed by atoms with Gasteiger partial charge >= 0.3 is 0 Å². The van der Waals surface area contributed by atoms with Crippen LogP contribution < -0.4 is 4.90 Å². The van der Waals surface area contributed by atoms with Crippen molar-refractivity contribution in [2.45, 2.75) is 6.54 Å². The zero-order valence-electron chi connectivity index (χ0n) is 9.70. The van der Waals surface area contributed by atoms with Gasteiger partial charge in [-0.3, -0.25) is 0 Å². The molecule has 1 aromatic heterocycles. The van der Waals surface area contributed by atoms with Gasteiger partial charge in [-0.25, -0.2) is 4.98 Å². The van der Waals surface area contributed by atoms with E-state index in [0.29, 0.717) is 5.02 Å². The number of hydrogen-bond donors (Lipinski definition) is 0. The highest BCUT2D eigenvalue weighted by Gasteiger charge is 2.08. The number of pyridine rings is 1. The predicted molar refractivity (Wildman–Crippen MR) is 80.5 cm³/mol. The second kappa shape index (κ2) is 5.91. The summed E-state index contributed by atoms with van der Waals surface area (Å²) in [4.78, 5) is 6.34. The first kappa shape index (κ1) is 13.7. The van der Waals surface area contributed by atoms with Gasteiger partial charge in [0.2, 0.25) is 0 Å². The Bertz CT molecular complexity index is 560. The molecule has 2 nitrogen and oxygen atoms in total. The average Bonchev–Trinajstić information content (AvgIpc) is 2.28. The number of aromatic nitrogens is 1. The van der Waals surface area contributed by atoms with Crippen LogP contribution in [0.5, 0.6) is 0 Å². The summed E-state index contributed by atoms with van der Waals surface area (Å²) < 4.78 is 0.875. The van der Waals surface area contributed by atoms with E-state index in [-0.39, 0.29) is 0 Å². The molecular weight excluding hydrogens is 335 g/mol. The molecular formula is C13H11BrCl2N2. The maximum absolute atomic E-state index is 5.97. The van der Waals surface area contributed by atoms with Crippen LogP contribution in [0.25, 0.3) is 0 Å². The minimum Gasteiger partial charge on any atom is -0.354 e. The number of rotatable bonds is 3. The first-order chi connectivity index (χ1) is 8.56. The summed E-state index contributed by atoms with van der Waals surface area (Å²) in [7, 11) is 1.97. The fraction of sp³-hybridized carbons (Fsp3) is 0.154. The molecule has 0 atom stereocenters. The first-order valence-electron chi connectivity index (χ1n) is 5.33. The van der Waals surface area contributed by atoms with Crippen molar-refractivity contribution in [1.29, 1.82) is 0 Å². The molecule has 0 amide bonds. The van der Waals surface area contributed by atoms with Gasteiger partial charge in [-0.2, -0.15) is 0 Å². The highest BCUT2D eigenvalue weighted by Crippen LogP contribution is 2.26. The Morgan fingerprint density at radius 2 is 2.00 bits per heavy atom. The van der Waals surface area contributed by atoms with Crippen LogP contribution in [0.2, 0.25) is 10.0 Å². The fourth-order valence-corrected chi connectivity index (χ4v) is 2.83. The molecule has 0 N–H and O–H groups in total. The molecule has 0 radical (unpaired) electrons. The SMILES string of the molecule is CN(Cc1cccc(Cl)c1)c1ncc(Cl)cc1Br. The van der Waals surface area contributed by atoms with E-state index in [2.05, 4.69) is 20.9 Å². The van der Waals surface area contributed by atoms with E-state index < -0.39 is 0 Å². The van der Waals surface area contributed by atoms with Crippen LogP contribution in [0, 0.1) is 0 Å². The van der Waals surface area contributed by atoms with Gasteiger partial charge in [0.1, 0.15) is 5.82 Å². The first-order valence-corrected chi connectivity index (χ1v) is 6.88. The minimum absolute atomic E-state index is 0.613. The Kier molecular flexibility index (Phi) is 4.49. The van der Waals surface area contributed by atoms with Gasteiger partial charge < -0.3 is 4.90 Å². The Morgan fingerprint density at radius 3 is 2.67 bits per heavy atom. The van der Waals surface area contributed by atoms with Crippen LogP contribution >= 0.6 is 39.1 Å². The molecule has 0 spiro atoms. The summed E-state index contributed by atoms with van der Waals surface area (Å²) in [5.41, 5.74) is 1.13. The fourth-order valence-electron chi connectivity index (χ4n) is 1.67. The summed E-state index contributed by atoms with van der Waals surface area (Å²) in [6, 6.07) is 9.61. The van der Waals surface area contributed by atoms with Crippen LogP contribution in [0.3, 0.4) is 0 Å². The minimum atomic E-state index is 0.613. The molecule has 0 aliphatic rings. The normalized spacial score (nSPS) is 10.4. The lowest BCUT2D eigenvalue weighted by molar-refractivity contribution is 0.894. The molecule has 0 saturated heterocycles.